The van der Waals surface area contributed by atoms with Crippen LogP contribution in [0.5, 0.6) is 0 Å². The van der Waals surface area contributed by atoms with Crippen molar-refractivity contribution >= 4 is 27.8 Å². The maximum Gasteiger partial charge on any atom is 0.252 e. The molecule has 0 spiro atoms. The summed E-state index contributed by atoms with van der Waals surface area (Å²) in [5.74, 6) is 5.98. The normalized spacial score (nSPS) is 19.4. The highest BCUT2D eigenvalue weighted by atomic mass is 16.1. The number of fused-ring (bicyclic) bond motifs is 2. The van der Waals surface area contributed by atoms with E-state index < -0.39 is 0 Å². The van der Waals surface area contributed by atoms with Crippen LogP contribution in [0.2, 0.25) is 0 Å². The Morgan fingerprint density at radius 2 is 1.97 bits per heavy atom. The highest BCUT2D eigenvalue weighted by Gasteiger charge is 2.35. The van der Waals surface area contributed by atoms with Gasteiger partial charge in [-0.2, -0.15) is 5.10 Å². The van der Waals surface area contributed by atoms with Crippen LogP contribution in [-0.2, 0) is 13.6 Å². The summed E-state index contributed by atoms with van der Waals surface area (Å²) in [6, 6.07) is 10.4. The third-order valence-corrected chi connectivity index (χ3v) is 7.41. The third-order valence-electron chi connectivity index (χ3n) is 7.41. The van der Waals surface area contributed by atoms with Gasteiger partial charge < -0.3 is 9.47 Å². The molecular formula is C28H33N7O. The molecule has 0 amide bonds. The van der Waals surface area contributed by atoms with Gasteiger partial charge in [0.05, 0.1) is 46.4 Å². The average Bonchev–Trinajstić information content (AvgIpc) is 3.33. The quantitative estimate of drug-likeness (QED) is 0.403. The number of pyridine rings is 1. The molecule has 1 fully saturated rings. The zero-order valence-corrected chi connectivity index (χ0v) is 21.6. The molecule has 0 N–H and O–H groups in total. The molecule has 8 nitrogen and oxygen atoms in total. The predicted octanol–water partition coefficient (Wildman–Crippen LogP) is 3.75. The van der Waals surface area contributed by atoms with Gasteiger partial charge in [0.15, 0.2) is 0 Å². The van der Waals surface area contributed by atoms with Gasteiger partial charge in [0.1, 0.15) is 12.1 Å². The minimum absolute atomic E-state index is 0.0268. The van der Waals surface area contributed by atoms with Gasteiger partial charge in [0.2, 0.25) is 0 Å². The number of nitrogens with zero attached hydrogens (tertiary/aromatic N) is 7. The predicted molar refractivity (Wildman–Crippen MR) is 144 cm³/mol. The molecule has 1 aromatic carbocycles. The first-order valence-electron chi connectivity index (χ1n) is 12.6. The van der Waals surface area contributed by atoms with Crippen molar-refractivity contribution in [2.45, 2.75) is 58.8 Å². The molecule has 0 unspecified atom stereocenters. The van der Waals surface area contributed by atoms with E-state index in [2.05, 4.69) is 47.4 Å². The van der Waals surface area contributed by atoms with Crippen LogP contribution < -0.4 is 10.5 Å². The Kier molecular flexibility index (Phi) is 6.50. The Hall–Kier alpha value is -3.70. The fourth-order valence-electron chi connectivity index (χ4n) is 5.28. The molecule has 0 aliphatic carbocycles. The van der Waals surface area contributed by atoms with Crippen molar-refractivity contribution in [2.75, 3.05) is 18.0 Å². The second-order valence-corrected chi connectivity index (χ2v) is 9.63. The first-order valence-corrected chi connectivity index (χ1v) is 12.6. The molecule has 5 rings (SSSR count). The Labute approximate surface area is 211 Å². The molecule has 0 radical (unpaired) electrons. The van der Waals surface area contributed by atoms with Gasteiger partial charge in [0.25, 0.3) is 5.56 Å². The van der Waals surface area contributed by atoms with Gasteiger partial charge in [-0.1, -0.05) is 25.0 Å². The summed E-state index contributed by atoms with van der Waals surface area (Å²) in [7, 11) is 1.80. The summed E-state index contributed by atoms with van der Waals surface area (Å²) in [4.78, 5) is 27.4. The number of benzene rings is 1. The zero-order valence-electron chi connectivity index (χ0n) is 21.6. The number of hydrogen-bond donors (Lipinski definition) is 0. The maximum atomic E-state index is 12.9. The van der Waals surface area contributed by atoms with E-state index in [0.717, 1.165) is 53.0 Å². The summed E-state index contributed by atoms with van der Waals surface area (Å²) in [6.45, 7) is 10.7. The summed E-state index contributed by atoms with van der Waals surface area (Å²) in [5.41, 5.74) is 5.38. The fourth-order valence-corrected chi connectivity index (χ4v) is 5.28. The number of para-hydroxylation sites is 2. The smallest absolute Gasteiger partial charge is 0.252 e. The number of rotatable bonds is 5. The molecule has 0 saturated carbocycles. The van der Waals surface area contributed by atoms with Crippen LogP contribution in [0, 0.1) is 11.8 Å². The highest BCUT2D eigenvalue weighted by molar-refractivity contribution is 5.88. The molecule has 4 aromatic rings. The van der Waals surface area contributed by atoms with E-state index >= 15 is 0 Å². The summed E-state index contributed by atoms with van der Waals surface area (Å²) in [6.07, 6.45) is 4.82. The highest BCUT2D eigenvalue weighted by Crippen LogP contribution is 2.33. The number of piperazine rings is 1. The Bertz CT molecular complexity index is 1530. The Morgan fingerprint density at radius 3 is 2.72 bits per heavy atom. The van der Waals surface area contributed by atoms with Crippen LogP contribution in [0.1, 0.15) is 45.9 Å². The van der Waals surface area contributed by atoms with Crippen molar-refractivity contribution in [1.82, 2.24) is 29.2 Å². The zero-order chi connectivity index (χ0) is 25.4. The average molecular weight is 484 g/mol. The lowest BCUT2D eigenvalue weighted by Gasteiger charge is -2.48. The SMILES string of the molecule is CC#CCn1cc2c(n1)c(N1C[C@@H](CC)N([C@@H](C)c3cnc4ccccc4n3)C[C@@H]1C)cc(=O)n2C. The third kappa shape index (κ3) is 4.24. The molecule has 4 heterocycles. The van der Waals surface area contributed by atoms with E-state index in [9.17, 15) is 4.79 Å². The summed E-state index contributed by atoms with van der Waals surface area (Å²) in [5, 5.41) is 4.82. The number of anilines is 1. The van der Waals surface area contributed by atoms with Crippen LogP contribution in [-0.4, -0.2) is 54.4 Å². The lowest BCUT2D eigenvalue weighted by atomic mass is 10.0. The van der Waals surface area contributed by atoms with E-state index in [1.165, 1.54) is 0 Å². The lowest BCUT2D eigenvalue weighted by Crippen LogP contribution is -2.58. The Morgan fingerprint density at radius 1 is 1.19 bits per heavy atom. The molecule has 0 bridgehead atoms. The molecule has 186 valence electrons. The van der Waals surface area contributed by atoms with Crippen LogP contribution in [0.15, 0.2) is 47.5 Å². The van der Waals surface area contributed by atoms with E-state index in [4.69, 9.17) is 10.1 Å². The molecular weight excluding hydrogens is 450 g/mol. The van der Waals surface area contributed by atoms with Crippen LogP contribution in [0.4, 0.5) is 5.69 Å². The van der Waals surface area contributed by atoms with Gasteiger partial charge in [-0.3, -0.25) is 19.4 Å². The molecule has 1 saturated heterocycles. The van der Waals surface area contributed by atoms with Crippen molar-refractivity contribution < 1.29 is 0 Å². The molecule has 3 atom stereocenters. The summed E-state index contributed by atoms with van der Waals surface area (Å²) < 4.78 is 3.49. The number of hydrogen-bond acceptors (Lipinski definition) is 6. The standard InChI is InChI=1S/C28H33N7O/c1-6-8-13-33-18-26-28(31-33)25(14-27(36)32(26)5)34-17-21(7-2)35(16-19(34)3)20(4)24-15-29-22-11-9-10-12-23(22)30-24/h9-12,14-15,18-21H,7,13,16-17H2,1-5H3/t19-,20-,21+/m0/s1. The van der Waals surface area contributed by atoms with E-state index in [1.807, 2.05) is 48.3 Å². The first kappa shape index (κ1) is 24.0. The second-order valence-electron chi connectivity index (χ2n) is 9.63. The van der Waals surface area contributed by atoms with Crippen molar-refractivity contribution in [2.24, 2.45) is 7.05 Å². The van der Waals surface area contributed by atoms with Crippen LogP contribution in [0.25, 0.3) is 22.1 Å². The van der Waals surface area contributed by atoms with Gasteiger partial charge >= 0.3 is 0 Å². The second kappa shape index (κ2) is 9.75. The Balaban J connectivity index is 1.47. The van der Waals surface area contributed by atoms with Crippen molar-refractivity contribution in [3.8, 4) is 11.8 Å². The van der Waals surface area contributed by atoms with Crippen molar-refractivity contribution in [1.29, 1.82) is 0 Å². The van der Waals surface area contributed by atoms with Crippen molar-refractivity contribution in [3.63, 3.8) is 0 Å². The van der Waals surface area contributed by atoms with Crippen LogP contribution in [0.3, 0.4) is 0 Å². The van der Waals surface area contributed by atoms with Crippen LogP contribution >= 0.6 is 0 Å². The molecule has 3 aromatic heterocycles. The largest absolute Gasteiger partial charge is 0.364 e. The maximum absolute atomic E-state index is 12.9. The topological polar surface area (TPSA) is 72.1 Å². The van der Waals surface area contributed by atoms with Crippen molar-refractivity contribution in [3.05, 3.63) is 58.8 Å². The van der Waals surface area contributed by atoms with E-state index in [0.29, 0.717) is 12.6 Å². The van der Waals surface area contributed by atoms with Gasteiger partial charge in [-0.05, 0) is 39.3 Å². The molecule has 1 aliphatic rings. The van der Waals surface area contributed by atoms with Gasteiger partial charge in [-0.25, -0.2) is 4.98 Å². The van der Waals surface area contributed by atoms with E-state index in [1.54, 1.807) is 17.7 Å². The molecule has 1 aliphatic heterocycles. The lowest BCUT2D eigenvalue weighted by molar-refractivity contribution is 0.104. The number of aryl methyl sites for hydroxylation is 1. The monoisotopic (exact) mass is 483 g/mol. The minimum Gasteiger partial charge on any atom is -0.364 e. The summed E-state index contributed by atoms with van der Waals surface area (Å²) >= 11 is 0. The fraction of sp³-hybridized carbons (Fsp3) is 0.429. The molecule has 8 heteroatoms. The minimum atomic E-state index is -0.0268. The molecule has 36 heavy (non-hydrogen) atoms. The first-order chi connectivity index (χ1) is 17.4. The number of aromatic nitrogens is 5. The van der Waals surface area contributed by atoms with E-state index in [-0.39, 0.29) is 17.6 Å². The van der Waals surface area contributed by atoms with Gasteiger partial charge in [-0.15, -0.1) is 5.92 Å². The van der Waals surface area contributed by atoms with Gasteiger partial charge in [0, 0.05) is 38.3 Å².